The van der Waals surface area contributed by atoms with Gasteiger partial charge in [-0.1, -0.05) is 6.07 Å². The van der Waals surface area contributed by atoms with Gasteiger partial charge in [-0.25, -0.2) is 0 Å². The Labute approximate surface area is 140 Å². The summed E-state index contributed by atoms with van der Waals surface area (Å²) in [5.41, 5.74) is 0.414. The number of hydrogen-bond acceptors (Lipinski definition) is 4. The van der Waals surface area contributed by atoms with Crippen LogP contribution in [0.15, 0.2) is 17.5 Å². The van der Waals surface area contributed by atoms with E-state index in [1.807, 2.05) is 16.3 Å². The van der Waals surface area contributed by atoms with Gasteiger partial charge in [-0.3, -0.25) is 9.59 Å². The molecule has 0 aliphatic carbocycles. The van der Waals surface area contributed by atoms with Gasteiger partial charge >= 0.3 is 0 Å². The van der Waals surface area contributed by atoms with Crippen molar-refractivity contribution < 1.29 is 9.59 Å². The van der Waals surface area contributed by atoms with E-state index in [-0.39, 0.29) is 30.8 Å². The molecular weight excluding hydrogens is 322 g/mol. The van der Waals surface area contributed by atoms with E-state index in [4.69, 9.17) is 0 Å². The number of nitrogens with zero attached hydrogens (tertiary/aromatic N) is 1. The molecule has 2 fully saturated rings. The summed E-state index contributed by atoms with van der Waals surface area (Å²) in [6.45, 7) is 3.92. The van der Waals surface area contributed by atoms with Crippen LogP contribution in [0.5, 0.6) is 0 Å². The lowest BCUT2D eigenvalue weighted by Gasteiger charge is -2.38. The van der Waals surface area contributed by atoms with Gasteiger partial charge in [0.2, 0.25) is 5.91 Å². The number of amides is 2. The van der Waals surface area contributed by atoms with Crippen LogP contribution in [0.4, 0.5) is 0 Å². The van der Waals surface area contributed by atoms with E-state index in [9.17, 15) is 9.59 Å². The van der Waals surface area contributed by atoms with E-state index < -0.39 is 0 Å². The normalized spacial score (nSPS) is 19.7. The zero-order valence-electron chi connectivity index (χ0n) is 12.5. The summed E-state index contributed by atoms with van der Waals surface area (Å²) in [5, 5.41) is 7.99. The summed E-state index contributed by atoms with van der Waals surface area (Å²) in [6, 6.07) is 3.60. The Morgan fingerprint density at radius 3 is 2.68 bits per heavy atom. The fraction of sp³-hybridized carbons (Fsp3) is 0.600. The van der Waals surface area contributed by atoms with Gasteiger partial charge in [0.1, 0.15) is 0 Å². The highest BCUT2D eigenvalue weighted by Gasteiger charge is 2.37. The van der Waals surface area contributed by atoms with E-state index in [1.165, 1.54) is 17.8 Å². The van der Waals surface area contributed by atoms with Gasteiger partial charge in [-0.05, 0) is 42.7 Å². The highest BCUT2D eigenvalue weighted by Crippen LogP contribution is 2.36. The lowest BCUT2D eigenvalue weighted by molar-refractivity contribution is -0.132. The van der Waals surface area contributed by atoms with Crippen LogP contribution in [0.3, 0.4) is 0 Å². The Hall–Kier alpha value is -1.11. The van der Waals surface area contributed by atoms with Crippen LogP contribution in [0.2, 0.25) is 0 Å². The molecular formula is C15H22ClN3O2S. The minimum Gasteiger partial charge on any atom is -0.342 e. The predicted octanol–water partition coefficient (Wildman–Crippen LogP) is 1.50. The molecule has 5 nitrogen and oxygen atoms in total. The second-order valence-corrected chi connectivity index (χ2v) is 6.92. The molecule has 2 saturated heterocycles. The third kappa shape index (κ3) is 3.80. The SMILES string of the molecule is Cl.O=C(NCC(=O)N1CCC2(CCNC2)CC1)c1cccs1. The minimum absolute atomic E-state index is 0. The maximum absolute atomic E-state index is 12.2. The van der Waals surface area contributed by atoms with Crippen molar-refractivity contribution in [1.82, 2.24) is 15.5 Å². The van der Waals surface area contributed by atoms with Gasteiger partial charge in [0.15, 0.2) is 0 Å². The topological polar surface area (TPSA) is 61.4 Å². The highest BCUT2D eigenvalue weighted by molar-refractivity contribution is 7.12. The summed E-state index contributed by atoms with van der Waals surface area (Å²) in [7, 11) is 0. The summed E-state index contributed by atoms with van der Waals surface area (Å²) in [4.78, 5) is 26.5. The smallest absolute Gasteiger partial charge is 0.261 e. The minimum atomic E-state index is -0.160. The van der Waals surface area contributed by atoms with E-state index in [0.29, 0.717) is 10.3 Å². The average Bonchev–Trinajstić information content (AvgIpc) is 3.17. The van der Waals surface area contributed by atoms with E-state index in [0.717, 1.165) is 39.0 Å². The molecule has 2 amide bonds. The molecule has 0 aromatic carbocycles. The molecule has 0 atom stereocenters. The summed E-state index contributed by atoms with van der Waals surface area (Å²) >= 11 is 1.39. The number of nitrogens with one attached hydrogen (secondary N) is 2. The molecule has 1 spiro atoms. The fourth-order valence-corrected chi connectivity index (χ4v) is 3.86. The molecule has 122 valence electrons. The van der Waals surface area contributed by atoms with Crippen molar-refractivity contribution in [2.75, 3.05) is 32.7 Å². The van der Waals surface area contributed by atoms with Crippen LogP contribution in [-0.2, 0) is 4.79 Å². The Morgan fingerprint density at radius 1 is 1.32 bits per heavy atom. The first-order chi connectivity index (χ1) is 10.2. The Kier molecular flexibility index (Phi) is 5.83. The molecule has 2 N–H and O–H groups in total. The van der Waals surface area contributed by atoms with Crippen molar-refractivity contribution in [3.8, 4) is 0 Å². The van der Waals surface area contributed by atoms with Crippen LogP contribution in [0.1, 0.15) is 28.9 Å². The van der Waals surface area contributed by atoms with Crippen molar-refractivity contribution in [2.24, 2.45) is 5.41 Å². The standard InChI is InChI=1S/C15H21N3O2S.ClH/c19-13(10-17-14(20)12-2-1-9-21-12)18-7-4-15(5-8-18)3-6-16-11-15;/h1-2,9,16H,3-8,10-11H2,(H,17,20);1H. The number of piperidine rings is 1. The first-order valence-corrected chi connectivity index (χ1v) is 8.37. The lowest BCUT2D eigenvalue weighted by Crippen LogP contribution is -2.47. The molecule has 3 heterocycles. The first-order valence-electron chi connectivity index (χ1n) is 7.49. The molecule has 0 unspecified atom stereocenters. The number of carbonyl (C=O) groups excluding carboxylic acids is 2. The van der Waals surface area contributed by atoms with E-state index in [2.05, 4.69) is 10.6 Å². The van der Waals surface area contributed by atoms with Crippen molar-refractivity contribution in [2.45, 2.75) is 19.3 Å². The molecule has 7 heteroatoms. The van der Waals surface area contributed by atoms with Crippen molar-refractivity contribution in [3.63, 3.8) is 0 Å². The first kappa shape index (κ1) is 17.2. The van der Waals surface area contributed by atoms with Crippen LogP contribution in [0, 0.1) is 5.41 Å². The molecule has 1 aromatic rings. The maximum atomic E-state index is 12.2. The average molecular weight is 344 g/mol. The number of halogens is 1. The number of carbonyl (C=O) groups is 2. The number of rotatable bonds is 3. The van der Waals surface area contributed by atoms with E-state index >= 15 is 0 Å². The fourth-order valence-electron chi connectivity index (χ4n) is 3.22. The largest absolute Gasteiger partial charge is 0.342 e. The van der Waals surface area contributed by atoms with Gasteiger partial charge in [0, 0.05) is 19.6 Å². The molecule has 22 heavy (non-hydrogen) atoms. The van der Waals surface area contributed by atoms with Gasteiger partial charge in [-0.2, -0.15) is 0 Å². The number of hydrogen-bond donors (Lipinski definition) is 2. The molecule has 0 bridgehead atoms. The van der Waals surface area contributed by atoms with Crippen LogP contribution in [-0.4, -0.2) is 49.4 Å². The zero-order valence-corrected chi connectivity index (χ0v) is 14.1. The van der Waals surface area contributed by atoms with Crippen molar-refractivity contribution >= 4 is 35.6 Å². The molecule has 0 radical (unpaired) electrons. The van der Waals surface area contributed by atoms with Gasteiger partial charge < -0.3 is 15.5 Å². The molecule has 2 aliphatic rings. The summed E-state index contributed by atoms with van der Waals surface area (Å²) < 4.78 is 0. The monoisotopic (exact) mass is 343 g/mol. The van der Waals surface area contributed by atoms with Crippen LogP contribution < -0.4 is 10.6 Å². The lowest BCUT2D eigenvalue weighted by atomic mass is 9.78. The van der Waals surface area contributed by atoms with Crippen LogP contribution >= 0.6 is 23.7 Å². The van der Waals surface area contributed by atoms with Crippen molar-refractivity contribution in [3.05, 3.63) is 22.4 Å². The Balaban J connectivity index is 0.00000176. The predicted molar refractivity (Wildman–Crippen MR) is 89.6 cm³/mol. The molecule has 1 aromatic heterocycles. The molecule has 2 aliphatic heterocycles. The summed E-state index contributed by atoms with van der Waals surface area (Å²) in [5.74, 6) is -0.132. The highest BCUT2D eigenvalue weighted by atomic mass is 35.5. The zero-order chi connectivity index (χ0) is 14.7. The van der Waals surface area contributed by atoms with Gasteiger partial charge in [-0.15, -0.1) is 23.7 Å². The number of likely N-dealkylation sites (tertiary alicyclic amines) is 1. The van der Waals surface area contributed by atoms with Gasteiger partial charge in [0.25, 0.3) is 5.91 Å². The molecule has 3 rings (SSSR count). The number of thiophene rings is 1. The van der Waals surface area contributed by atoms with Crippen molar-refractivity contribution in [1.29, 1.82) is 0 Å². The maximum Gasteiger partial charge on any atom is 0.261 e. The Morgan fingerprint density at radius 2 is 2.09 bits per heavy atom. The second-order valence-electron chi connectivity index (χ2n) is 5.97. The third-order valence-electron chi connectivity index (χ3n) is 4.65. The van der Waals surface area contributed by atoms with E-state index in [1.54, 1.807) is 6.07 Å². The van der Waals surface area contributed by atoms with Crippen LogP contribution in [0.25, 0.3) is 0 Å². The van der Waals surface area contributed by atoms with Gasteiger partial charge in [0.05, 0.1) is 11.4 Å². The quantitative estimate of drug-likeness (QED) is 0.874. The summed E-state index contributed by atoms with van der Waals surface area (Å²) in [6.07, 6.45) is 3.37. The third-order valence-corrected chi connectivity index (χ3v) is 5.52. The molecule has 0 saturated carbocycles. The Bertz CT molecular complexity index is 505. The second kappa shape index (κ2) is 7.44.